The zero-order valence-corrected chi connectivity index (χ0v) is 13.1. The Morgan fingerprint density at radius 3 is 2.67 bits per heavy atom. The van der Waals surface area contributed by atoms with Gasteiger partial charge in [-0.25, -0.2) is 0 Å². The van der Waals surface area contributed by atoms with Crippen LogP contribution in [0.2, 0.25) is 0 Å². The van der Waals surface area contributed by atoms with Gasteiger partial charge in [0.2, 0.25) is 0 Å². The molecule has 4 atom stereocenters. The molecule has 1 heterocycles. The summed E-state index contributed by atoms with van der Waals surface area (Å²) in [4.78, 5) is 2.68. The first-order chi connectivity index (χ1) is 8.60. The lowest BCUT2D eigenvalue weighted by atomic mass is 9.81. The van der Waals surface area contributed by atoms with Crippen molar-refractivity contribution in [3.8, 4) is 0 Å². The molecule has 0 aromatic heterocycles. The number of likely N-dealkylation sites (N-methyl/N-ethyl adjacent to an activating group) is 1. The van der Waals surface area contributed by atoms with Crippen LogP contribution in [0.4, 0.5) is 0 Å². The first kappa shape index (κ1) is 14.7. The molecule has 2 rings (SSSR count). The van der Waals surface area contributed by atoms with Crippen LogP contribution in [-0.4, -0.2) is 41.1 Å². The summed E-state index contributed by atoms with van der Waals surface area (Å²) in [7, 11) is 2.35. The number of thioether (sulfide) groups is 1. The summed E-state index contributed by atoms with van der Waals surface area (Å²) in [5.74, 6) is 2.21. The number of rotatable bonds is 3. The fraction of sp³-hybridized carbons (Fsp3) is 1.00. The summed E-state index contributed by atoms with van der Waals surface area (Å²) in [6.07, 6.45) is 8.19. The maximum absolute atomic E-state index is 6.22. The standard InChI is InChI=1S/C15H30N2S/c1-12-6-4-7-14(10-12)17(3)15(11-16)8-5-9-18-13(15)2/h12-14H,4-11,16H2,1-3H3. The summed E-state index contributed by atoms with van der Waals surface area (Å²) in [5, 5.41) is 0.679. The summed E-state index contributed by atoms with van der Waals surface area (Å²) < 4.78 is 0. The normalized spacial score (nSPS) is 42.2. The van der Waals surface area contributed by atoms with Crippen LogP contribution in [0.5, 0.6) is 0 Å². The van der Waals surface area contributed by atoms with Crippen molar-refractivity contribution in [2.24, 2.45) is 11.7 Å². The Balaban J connectivity index is 2.10. The average Bonchev–Trinajstić information content (AvgIpc) is 2.39. The maximum atomic E-state index is 6.22. The highest BCUT2D eigenvalue weighted by Gasteiger charge is 2.43. The van der Waals surface area contributed by atoms with Gasteiger partial charge in [0, 0.05) is 23.4 Å². The third-order valence-electron chi connectivity index (χ3n) is 5.39. The van der Waals surface area contributed by atoms with E-state index >= 15 is 0 Å². The van der Waals surface area contributed by atoms with Gasteiger partial charge >= 0.3 is 0 Å². The van der Waals surface area contributed by atoms with Gasteiger partial charge in [0.15, 0.2) is 0 Å². The smallest absolute Gasteiger partial charge is 0.0447 e. The second-order valence-corrected chi connectivity index (χ2v) is 7.91. The molecule has 2 aliphatic rings. The predicted molar refractivity (Wildman–Crippen MR) is 82.1 cm³/mol. The van der Waals surface area contributed by atoms with Gasteiger partial charge in [0.05, 0.1) is 0 Å². The lowest BCUT2D eigenvalue weighted by Crippen LogP contribution is -2.62. The number of hydrogen-bond acceptors (Lipinski definition) is 3. The highest BCUT2D eigenvalue weighted by Crippen LogP contribution is 2.40. The van der Waals surface area contributed by atoms with Crippen molar-refractivity contribution in [2.75, 3.05) is 19.3 Å². The van der Waals surface area contributed by atoms with Crippen molar-refractivity contribution in [1.29, 1.82) is 0 Å². The van der Waals surface area contributed by atoms with E-state index in [1.807, 2.05) is 0 Å². The minimum absolute atomic E-state index is 0.255. The average molecular weight is 270 g/mol. The summed E-state index contributed by atoms with van der Waals surface area (Å²) in [5.41, 5.74) is 6.47. The molecule has 0 spiro atoms. The van der Waals surface area contributed by atoms with Gasteiger partial charge in [0.25, 0.3) is 0 Å². The molecule has 106 valence electrons. The van der Waals surface area contributed by atoms with Crippen molar-refractivity contribution in [3.63, 3.8) is 0 Å². The van der Waals surface area contributed by atoms with Gasteiger partial charge in [-0.15, -0.1) is 0 Å². The molecule has 2 N–H and O–H groups in total. The van der Waals surface area contributed by atoms with Crippen LogP contribution in [0, 0.1) is 5.92 Å². The molecule has 1 saturated heterocycles. The van der Waals surface area contributed by atoms with E-state index in [2.05, 4.69) is 37.6 Å². The Bertz CT molecular complexity index is 271. The van der Waals surface area contributed by atoms with E-state index in [0.29, 0.717) is 5.25 Å². The molecule has 0 aromatic carbocycles. The Kier molecular flexibility index (Phi) is 5.01. The second-order valence-electron chi connectivity index (χ2n) is 6.46. The van der Waals surface area contributed by atoms with Gasteiger partial charge in [-0.1, -0.05) is 26.7 Å². The van der Waals surface area contributed by atoms with Gasteiger partial charge in [0.1, 0.15) is 0 Å². The lowest BCUT2D eigenvalue weighted by Gasteiger charge is -2.52. The SMILES string of the molecule is CC1CCCC(N(C)C2(CN)CCCSC2C)C1. The zero-order chi connectivity index (χ0) is 13.2. The molecule has 18 heavy (non-hydrogen) atoms. The third-order valence-corrected chi connectivity index (χ3v) is 6.85. The summed E-state index contributed by atoms with van der Waals surface area (Å²) in [6.45, 7) is 5.62. The maximum Gasteiger partial charge on any atom is 0.0447 e. The van der Waals surface area contributed by atoms with Crippen LogP contribution in [0.3, 0.4) is 0 Å². The highest BCUT2D eigenvalue weighted by atomic mass is 32.2. The molecule has 3 heteroatoms. The monoisotopic (exact) mass is 270 g/mol. The largest absolute Gasteiger partial charge is 0.329 e. The van der Waals surface area contributed by atoms with Gasteiger partial charge in [-0.2, -0.15) is 11.8 Å². The molecule has 4 unspecified atom stereocenters. The van der Waals surface area contributed by atoms with E-state index in [9.17, 15) is 0 Å². The fourth-order valence-electron chi connectivity index (χ4n) is 3.99. The molecular weight excluding hydrogens is 240 g/mol. The Morgan fingerprint density at radius 2 is 2.06 bits per heavy atom. The molecule has 0 radical (unpaired) electrons. The number of hydrogen-bond donors (Lipinski definition) is 1. The van der Waals surface area contributed by atoms with Crippen molar-refractivity contribution in [3.05, 3.63) is 0 Å². The van der Waals surface area contributed by atoms with Crippen molar-refractivity contribution < 1.29 is 0 Å². The van der Waals surface area contributed by atoms with E-state index < -0.39 is 0 Å². The van der Waals surface area contributed by atoms with E-state index in [0.717, 1.165) is 18.5 Å². The Labute approximate surface area is 117 Å². The predicted octanol–water partition coefficient (Wildman–Crippen LogP) is 3.11. The first-order valence-electron chi connectivity index (χ1n) is 7.65. The summed E-state index contributed by atoms with van der Waals surface area (Å²) >= 11 is 2.12. The minimum atomic E-state index is 0.255. The Hall–Kier alpha value is 0.270. The highest BCUT2D eigenvalue weighted by molar-refractivity contribution is 8.00. The molecule has 0 aromatic rings. The van der Waals surface area contributed by atoms with Gasteiger partial charge in [-0.05, 0) is 44.4 Å². The van der Waals surface area contributed by atoms with Gasteiger partial charge < -0.3 is 5.73 Å². The molecule has 1 aliphatic heterocycles. The zero-order valence-electron chi connectivity index (χ0n) is 12.3. The second kappa shape index (κ2) is 6.15. The molecule has 1 saturated carbocycles. The van der Waals surface area contributed by atoms with Crippen molar-refractivity contribution in [1.82, 2.24) is 4.90 Å². The molecule has 2 nitrogen and oxygen atoms in total. The van der Waals surface area contributed by atoms with Crippen LogP contribution in [-0.2, 0) is 0 Å². The van der Waals surface area contributed by atoms with E-state index in [-0.39, 0.29) is 5.54 Å². The molecule has 0 amide bonds. The summed E-state index contributed by atoms with van der Waals surface area (Å²) in [6, 6.07) is 0.762. The topological polar surface area (TPSA) is 29.3 Å². The van der Waals surface area contributed by atoms with E-state index in [1.165, 1.54) is 44.3 Å². The van der Waals surface area contributed by atoms with Crippen LogP contribution < -0.4 is 5.73 Å². The minimum Gasteiger partial charge on any atom is -0.329 e. The van der Waals surface area contributed by atoms with Crippen LogP contribution in [0.1, 0.15) is 52.4 Å². The molecular formula is C15H30N2S. The fourth-order valence-corrected chi connectivity index (χ4v) is 5.34. The van der Waals surface area contributed by atoms with E-state index in [4.69, 9.17) is 5.73 Å². The van der Waals surface area contributed by atoms with Crippen LogP contribution in [0.15, 0.2) is 0 Å². The van der Waals surface area contributed by atoms with Crippen molar-refractivity contribution in [2.45, 2.75) is 69.2 Å². The number of nitrogens with two attached hydrogens (primary N) is 1. The van der Waals surface area contributed by atoms with Crippen LogP contribution in [0.25, 0.3) is 0 Å². The van der Waals surface area contributed by atoms with Crippen LogP contribution >= 0.6 is 11.8 Å². The van der Waals surface area contributed by atoms with E-state index in [1.54, 1.807) is 0 Å². The first-order valence-corrected chi connectivity index (χ1v) is 8.69. The van der Waals surface area contributed by atoms with Crippen molar-refractivity contribution >= 4 is 11.8 Å². The lowest BCUT2D eigenvalue weighted by molar-refractivity contribution is 0.0388. The molecule has 2 fully saturated rings. The Morgan fingerprint density at radius 1 is 1.28 bits per heavy atom. The number of nitrogens with zero attached hydrogens (tertiary/aromatic N) is 1. The molecule has 0 bridgehead atoms. The molecule has 1 aliphatic carbocycles. The quantitative estimate of drug-likeness (QED) is 0.854. The van der Waals surface area contributed by atoms with Gasteiger partial charge in [-0.3, -0.25) is 4.90 Å². The third kappa shape index (κ3) is 2.73.